The highest BCUT2D eigenvalue weighted by atomic mass is 16.2. The van der Waals surface area contributed by atoms with Crippen molar-refractivity contribution in [2.75, 3.05) is 39.3 Å². The first-order chi connectivity index (χ1) is 10.0. The van der Waals surface area contributed by atoms with Crippen LogP contribution in [0.1, 0.15) is 25.0 Å². The minimum atomic E-state index is -0.491. The van der Waals surface area contributed by atoms with Crippen LogP contribution in [0.4, 0.5) is 0 Å². The molecule has 0 spiro atoms. The summed E-state index contributed by atoms with van der Waals surface area (Å²) in [6.07, 6.45) is 0. The molecule has 0 saturated carbocycles. The molecule has 0 radical (unpaired) electrons. The molecule has 1 fully saturated rings. The van der Waals surface area contributed by atoms with Crippen LogP contribution in [0.2, 0.25) is 0 Å². The molecular formula is C17H27N3O. The summed E-state index contributed by atoms with van der Waals surface area (Å²) in [6.45, 7) is 11.9. The molecule has 1 aliphatic rings. The maximum absolute atomic E-state index is 12.5. The third-order valence-corrected chi connectivity index (χ3v) is 4.31. The van der Waals surface area contributed by atoms with E-state index in [1.54, 1.807) is 0 Å². The summed E-state index contributed by atoms with van der Waals surface area (Å²) in [5.41, 5.74) is 1.78. The Kier molecular flexibility index (Phi) is 5.37. The second-order valence-corrected chi connectivity index (χ2v) is 6.29. The van der Waals surface area contributed by atoms with Crippen molar-refractivity contribution in [1.82, 2.24) is 15.5 Å². The Hall–Kier alpha value is -1.39. The van der Waals surface area contributed by atoms with Gasteiger partial charge in [-0.05, 0) is 31.9 Å². The second-order valence-electron chi connectivity index (χ2n) is 6.29. The molecule has 0 unspecified atom stereocenters. The Balaban J connectivity index is 1.88. The minimum absolute atomic E-state index is 0.104. The number of hydrogen-bond donors (Lipinski definition) is 2. The van der Waals surface area contributed by atoms with E-state index in [0.29, 0.717) is 6.54 Å². The van der Waals surface area contributed by atoms with Crippen LogP contribution in [0.5, 0.6) is 0 Å². The van der Waals surface area contributed by atoms with Gasteiger partial charge in [0, 0.05) is 39.3 Å². The predicted octanol–water partition coefficient (Wildman–Crippen LogP) is 1.29. The van der Waals surface area contributed by atoms with Crippen molar-refractivity contribution in [2.24, 2.45) is 0 Å². The number of amides is 1. The lowest BCUT2D eigenvalue weighted by Gasteiger charge is -2.29. The number of rotatable bonds is 5. The molecule has 0 aromatic heterocycles. The van der Waals surface area contributed by atoms with Gasteiger partial charge in [0.05, 0.1) is 5.41 Å². The van der Waals surface area contributed by atoms with Crippen LogP contribution in [0.25, 0.3) is 0 Å². The number of carbonyl (C=O) groups excluding carboxylic acids is 1. The molecule has 1 saturated heterocycles. The van der Waals surface area contributed by atoms with Crippen molar-refractivity contribution in [2.45, 2.75) is 26.2 Å². The second kappa shape index (κ2) is 7.05. The Morgan fingerprint density at radius 3 is 2.62 bits per heavy atom. The number of hydrogen-bond acceptors (Lipinski definition) is 3. The lowest BCUT2D eigenvalue weighted by Crippen LogP contribution is -2.48. The summed E-state index contributed by atoms with van der Waals surface area (Å²) in [7, 11) is 0. The zero-order valence-electron chi connectivity index (χ0n) is 13.4. The monoisotopic (exact) mass is 289 g/mol. The van der Waals surface area contributed by atoms with Crippen molar-refractivity contribution in [3.63, 3.8) is 0 Å². The molecule has 1 aromatic carbocycles. The van der Waals surface area contributed by atoms with Gasteiger partial charge in [0.2, 0.25) is 5.91 Å². The number of piperazine rings is 1. The third kappa shape index (κ3) is 4.05. The lowest BCUT2D eigenvalue weighted by molar-refractivity contribution is -0.125. The summed E-state index contributed by atoms with van der Waals surface area (Å²) in [6, 6.07) is 8.12. The van der Waals surface area contributed by atoms with Gasteiger partial charge in [-0.15, -0.1) is 0 Å². The molecule has 0 aliphatic carbocycles. The molecule has 1 aromatic rings. The van der Waals surface area contributed by atoms with Gasteiger partial charge in [-0.25, -0.2) is 0 Å². The number of carbonyl (C=O) groups is 1. The average Bonchev–Trinajstić information content (AvgIpc) is 2.48. The fourth-order valence-corrected chi connectivity index (χ4v) is 2.88. The Morgan fingerprint density at radius 2 is 1.95 bits per heavy atom. The first kappa shape index (κ1) is 16.0. The van der Waals surface area contributed by atoms with E-state index in [-0.39, 0.29) is 5.91 Å². The van der Waals surface area contributed by atoms with Gasteiger partial charge in [-0.1, -0.05) is 24.3 Å². The van der Waals surface area contributed by atoms with E-state index < -0.39 is 5.41 Å². The van der Waals surface area contributed by atoms with Crippen molar-refractivity contribution < 1.29 is 4.79 Å². The smallest absolute Gasteiger partial charge is 0.230 e. The van der Waals surface area contributed by atoms with Gasteiger partial charge in [-0.2, -0.15) is 0 Å². The number of nitrogens with one attached hydrogen (secondary N) is 2. The van der Waals surface area contributed by atoms with Crippen LogP contribution in [0.15, 0.2) is 24.3 Å². The first-order valence-corrected chi connectivity index (χ1v) is 7.79. The predicted molar refractivity (Wildman–Crippen MR) is 86.5 cm³/mol. The fraction of sp³-hybridized carbons (Fsp3) is 0.588. The number of nitrogens with zero attached hydrogens (tertiary/aromatic N) is 1. The summed E-state index contributed by atoms with van der Waals surface area (Å²) >= 11 is 0. The van der Waals surface area contributed by atoms with E-state index in [1.807, 2.05) is 32.0 Å². The van der Waals surface area contributed by atoms with Crippen molar-refractivity contribution in [3.8, 4) is 0 Å². The van der Waals surface area contributed by atoms with Gasteiger partial charge in [0.25, 0.3) is 0 Å². The lowest BCUT2D eigenvalue weighted by atomic mass is 9.81. The quantitative estimate of drug-likeness (QED) is 0.858. The van der Waals surface area contributed by atoms with Crippen LogP contribution in [0.3, 0.4) is 0 Å². The highest BCUT2D eigenvalue weighted by molar-refractivity contribution is 5.87. The van der Waals surface area contributed by atoms with E-state index in [1.165, 1.54) is 5.56 Å². The fourth-order valence-electron chi connectivity index (χ4n) is 2.88. The maximum atomic E-state index is 12.5. The van der Waals surface area contributed by atoms with E-state index >= 15 is 0 Å². The molecule has 4 nitrogen and oxygen atoms in total. The zero-order chi connectivity index (χ0) is 15.3. The van der Waals surface area contributed by atoms with Crippen molar-refractivity contribution >= 4 is 5.91 Å². The van der Waals surface area contributed by atoms with Crippen molar-refractivity contribution in [1.29, 1.82) is 0 Å². The third-order valence-electron chi connectivity index (χ3n) is 4.31. The summed E-state index contributed by atoms with van der Waals surface area (Å²) in [5, 5.41) is 6.43. The van der Waals surface area contributed by atoms with E-state index in [4.69, 9.17) is 0 Å². The molecular weight excluding hydrogens is 262 g/mol. The zero-order valence-corrected chi connectivity index (χ0v) is 13.4. The van der Waals surface area contributed by atoms with E-state index in [2.05, 4.69) is 28.5 Å². The Morgan fingerprint density at radius 1 is 1.29 bits per heavy atom. The van der Waals surface area contributed by atoms with Gasteiger partial charge in [0.1, 0.15) is 0 Å². The molecule has 0 bridgehead atoms. The topological polar surface area (TPSA) is 44.4 Å². The molecule has 0 atom stereocenters. The normalized spacial score (nSPS) is 16.7. The molecule has 4 heteroatoms. The van der Waals surface area contributed by atoms with Crippen LogP contribution in [-0.4, -0.2) is 50.1 Å². The molecule has 2 rings (SSSR count). The maximum Gasteiger partial charge on any atom is 0.230 e. The summed E-state index contributed by atoms with van der Waals surface area (Å²) < 4.78 is 0. The molecule has 2 N–H and O–H groups in total. The van der Waals surface area contributed by atoms with Crippen LogP contribution >= 0.6 is 0 Å². The van der Waals surface area contributed by atoms with E-state index in [0.717, 1.165) is 38.3 Å². The summed E-state index contributed by atoms with van der Waals surface area (Å²) in [5.74, 6) is 0.104. The Labute approximate surface area is 127 Å². The van der Waals surface area contributed by atoms with Gasteiger partial charge < -0.3 is 10.6 Å². The van der Waals surface area contributed by atoms with Crippen LogP contribution in [0, 0.1) is 6.92 Å². The standard InChI is InChI=1S/C17H27N3O/c1-14-6-4-5-7-15(14)17(2,3)16(21)19-10-13-20-11-8-18-9-12-20/h4-7,18H,8-13H2,1-3H3,(H,19,21). The van der Waals surface area contributed by atoms with Crippen molar-refractivity contribution in [3.05, 3.63) is 35.4 Å². The molecule has 1 aliphatic heterocycles. The SMILES string of the molecule is Cc1ccccc1C(C)(C)C(=O)NCCN1CCNCC1. The average molecular weight is 289 g/mol. The minimum Gasteiger partial charge on any atom is -0.354 e. The molecule has 116 valence electrons. The number of benzene rings is 1. The van der Waals surface area contributed by atoms with Crippen LogP contribution < -0.4 is 10.6 Å². The van der Waals surface area contributed by atoms with E-state index in [9.17, 15) is 4.79 Å². The largest absolute Gasteiger partial charge is 0.354 e. The highest BCUT2D eigenvalue weighted by Crippen LogP contribution is 2.26. The van der Waals surface area contributed by atoms with Gasteiger partial charge >= 0.3 is 0 Å². The van der Waals surface area contributed by atoms with Gasteiger partial charge in [0.15, 0.2) is 0 Å². The first-order valence-electron chi connectivity index (χ1n) is 7.79. The summed E-state index contributed by atoms with van der Waals surface area (Å²) in [4.78, 5) is 14.9. The van der Waals surface area contributed by atoms with Crippen LogP contribution in [-0.2, 0) is 10.2 Å². The Bertz CT molecular complexity index is 479. The highest BCUT2D eigenvalue weighted by Gasteiger charge is 2.30. The molecule has 1 heterocycles. The molecule has 1 amide bonds. The number of aryl methyl sites for hydroxylation is 1. The van der Waals surface area contributed by atoms with Gasteiger partial charge in [-0.3, -0.25) is 9.69 Å². The molecule has 21 heavy (non-hydrogen) atoms.